The lowest BCUT2D eigenvalue weighted by atomic mass is 9.85. The topological polar surface area (TPSA) is 104 Å². The summed E-state index contributed by atoms with van der Waals surface area (Å²) in [5, 5.41) is 4.37. The number of hydrogen-bond acceptors (Lipinski definition) is 8. The molecule has 0 unspecified atom stereocenters. The van der Waals surface area contributed by atoms with Crippen LogP contribution < -0.4 is 0 Å². The van der Waals surface area contributed by atoms with Gasteiger partial charge in [-0.1, -0.05) is 388 Å². The van der Waals surface area contributed by atoms with Gasteiger partial charge < -0.3 is 8.83 Å². The average molecular weight is 1480 g/mol. The quantitative estimate of drug-likeness (QED) is 0.0935. The van der Waals surface area contributed by atoms with E-state index in [0.717, 1.165) is 88.4 Å². The first kappa shape index (κ1) is 71.2. The van der Waals surface area contributed by atoms with Gasteiger partial charge >= 0.3 is 0 Å². The first-order valence-corrected chi connectivity index (χ1v) is 38.5. The largest absolute Gasteiger partial charge is 0.456 e. The van der Waals surface area contributed by atoms with Crippen LogP contribution in [0.1, 0.15) is 50.3 Å². The van der Waals surface area contributed by atoms with Crippen molar-refractivity contribution in [2.24, 2.45) is 0 Å². The molecule has 8 nitrogen and oxygen atoms in total. The third-order valence-corrected chi connectivity index (χ3v) is 20.5. The summed E-state index contributed by atoms with van der Waals surface area (Å²) in [6.45, 7) is 1.89. The van der Waals surface area contributed by atoms with E-state index in [1.54, 1.807) is 0 Å². The zero-order valence-electron chi connectivity index (χ0n) is 63.0. The van der Waals surface area contributed by atoms with Crippen LogP contribution in [-0.4, -0.2) is 29.9 Å². The molecule has 0 saturated carbocycles. The van der Waals surface area contributed by atoms with Gasteiger partial charge in [0.05, 0.1) is 0 Å². The average Bonchev–Trinajstić information content (AvgIpc) is 1.60. The van der Waals surface area contributed by atoms with E-state index in [1.165, 1.54) is 72.4 Å². The predicted molar refractivity (Wildman–Crippen MR) is 472 cm³/mol. The Hall–Kier alpha value is -15.4. The number of hydrogen-bond donors (Lipinski definition) is 0. The molecule has 0 saturated heterocycles. The lowest BCUT2D eigenvalue weighted by Crippen LogP contribution is -2.00. The minimum absolute atomic E-state index is 0.591. The van der Waals surface area contributed by atoms with Crippen molar-refractivity contribution in [3.63, 3.8) is 0 Å². The lowest BCUT2D eigenvalue weighted by Gasteiger charge is -2.18. The molecule has 0 aliphatic rings. The maximum Gasteiger partial charge on any atom is 0.164 e. The van der Waals surface area contributed by atoms with Crippen LogP contribution in [0.2, 0.25) is 0 Å². The number of aromatic nitrogens is 6. The van der Waals surface area contributed by atoms with Crippen molar-refractivity contribution in [2.45, 2.75) is 6.92 Å². The van der Waals surface area contributed by atoms with Gasteiger partial charge in [0, 0.05) is 49.4 Å². The fourth-order valence-corrected chi connectivity index (χ4v) is 15.0. The van der Waals surface area contributed by atoms with E-state index in [0.29, 0.717) is 34.9 Å². The molecule has 20 rings (SSSR count). The van der Waals surface area contributed by atoms with Crippen LogP contribution in [0.25, 0.3) is 145 Å². The molecular weight excluding hydrogens is 1400 g/mol. The summed E-state index contributed by atoms with van der Waals surface area (Å²) < 4.78 is 12.2. The van der Waals surface area contributed by atoms with Gasteiger partial charge in [-0.3, -0.25) is 0 Å². The second-order valence-corrected chi connectivity index (χ2v) is 28.0. The van der Waals surface area contributed by atoms with Crippen molar-refractivity contribution in [2.75, 3.05) is 0 Å². The van der Waals surface area contributed by atoms with Gasteiger partial charge in [-0.25, -0.2) is 29.9 Å². The van der Waals surface area contributed by atoms with Crippen LogP contribution in [0.15, 0.2) is 440 Å². The zero-order chi connectivity index (χ0) is 77.1. The molecule has 115 heavy (non-hydrogen) atoms. The molecular formula is C107H74N6O2. The second kappa shape index (κ2) is 33.1. The van der Waals surface area contributed by atoms with Crippen LogP contribution in [-0.2, 0) is 0 Å². The van der Waals surface area contributed by atoms with E-state index >= 15 is 0 Å². The zero-order valence-corrected chi connectivity index (χ0v) is 63.0. The number of nitrogens with zero attached hydrogens (tertiary/aromatic N) is 6. The minimum Gasteiger partial charge on any atom is -0.456 e. The van der Waals surface area contributed by atoms with Crippen LogP contribution in [0.5, 0.6) is 0 Å². The highest BCUT2D eigenvalue weighted by Gasteiger charge is 2.21. The Balaban J connectivity index is 0.000000133. The standard InChI is InChI=1S/C53H35N3O.C32H24.C22H15N3O/c1-5-15-38(16-6-1)49(39-17-7-2-8-18-39)50(40-19-9-3-10-20-40)41-29-25-36(26-30-41)37-27-31-43(32-28-37)52-54-51(42-21-11-4-12-22-42)55-53(56-52)44-33-34-46-45-23-13-14-24-47(45)57-48(46)35-44;1-5-14-25(15-6-1)29-22-13-23-30(24-29)32(28-20-11-4-12-21-28)31(26-16-7-2-8-17-26)27-18-9-3-10-19-27;1-14-23-21(15-7-3-2-4-8-15)25-22(24-14)16-11-12-18-17-9-5-6-10-19(17)26-20(18)13-16/h1-35H;1-24H;2-13H,1H3. The highest BCUT2D eigenvalue weighted by Crippen LogP contribution is 2.42. The van der Waals surface area contributed by atoms with E-state index in [9.17, 15) is 0 Å². The van der Waals surface area contributed by atoms with Crippen molar-refractivity contribution in [1.82, 2.24) is 29.9 Å². The monoisotopic (exact) mass is 1470 g/mol. The highest BCUT2D eigenvalue weighted by molar-refractivity contribution is 6.08. The number of para-hydroxylation sites is 2. The molecule has 4 heterocycles. The van der Waals surface area contributed by atoms with Crippen molar-refractivity contribution in [3.05, 3.63) is 481 Å². The first-order valence-electron chi connectivity index (χ1n) is 38.5. The van der Waals surface area contributed by atoms with E-state index in [2.05, 4.69) is 330 Å². The molecule has 0 spiro atoms. The van der Waals surface area contributed by atoms with Gasteiger partial charge in [-0.15, -0.1) is 0 Å². The van der Waals surface area contributed by atoms with Crippen molar-refractivity contribution in [1.29, 1.82) is 0 Å². The van der Waals surface area contributed by atoms with Crippen molar-refractivity contribution >= 4 is 66.2 Å². The molecule has 0 atom stereocenters. The van der Waals surface area contributed by atoms with Crippen LogP contribution in [0.3, 0.4) is 0 Å². The molecule has 0 N–H and O–H groups in total. The van der Waals surface area contributed by atoms with Crippen LogP contribution in [0.4, 0.5) is 0 Å². The summed E-state index contributed by atoms with van der Waals surface area (Å²) >= 11 is 0. The summed E-state index contributed by atoms with van der Waals surface area (Å²) in [5.41, 5.74) is 27.0. The molecule has 0 aliphatic heterocycles. The molecule has 16 aromatic carbocycles. The Morgan fingerprint density at radius 3 is 0.783 bits per heavy atom. The smallest absolute Gasteiger partial charge is 0.164 e. The minimum atomic E-state index is 0.591. The Morgan fingerprint density at radius 2 is 0.400 bits per heavy atom. The van der Waals surface area contributed by atoms with Gasteiger partial charge in [-0.05, 0) is 138 Å². The maximum atomic E-state index is 6.22. The Kier molecular flexibility index (Phi) is 20.5. The van der Waals surface area contributed by atoms with E-state index in [1.807, 2.05) is 122 Å². The normalized spacial score (nSPS) is 11.0. The molecule has 0 fully saturated rings. The van der Waals surface area contributed by atoms with Crippen LogP contribution >= 0.6 is 0 Å². The van der Waals surface area contributed by atoms with E-state index in [-0.39, 0.29) is 0 Å². The Labute approximate surface area is 667 Å². The molecule has 4 aromatic heterocycles. The number of benzene rings is 16. The maximum absolute atomic E-state index is 6.22. The molecule has 544 valence electrons. The number of furan rings is 2. The SMILES string of the molecule is Cc1nc(-c2ccccc2)nc(-c2ccc3c(c2)oc2ccccc23)n1.c1ccc(C(=C(c2ccccc2)c2ccc(-c3ccc(-c4nc(-c5ccccc5)nc(-c5ccc6c(c5)oc5ccccc56)n4)cc3)cc2)c2ccccc2)cc1.c1ccc(C(=C(c2ccccc2)c2cccc(-c3ccccc3)c2)c2ccccc2)cc1. The number of fused-ring (bicyclic) bond motifs is 6. The molecule has 0 radical (unpaired) electrons. The number of aryl methyl sites for hydroxylation is 1. The third kappa shape index (κ3) is 15.6. The van der Waals surface area contributed by atoms with Gasteiger partial charge in [0.1, 0.15) is 28.2 Å². The number of rotatable bonds is 15. The van der Waals surface area contributed by atoms with Crippen molar-refractivity contribution in [3.8, 4) is 79.2 Å². The summed E-state index contributed by atoms with van der Waals surface area (Å²) in [6, 6.07) is 149. The predicted octanol–water partition coefficient (Wildman–Crippen LogP) is 27.2. The summed E-state index contributed by atoms with van der Waals surface area (Å²) in [5.74, 6) is 3.84. The lowest BCUT2D eigenvalue weighted by molar-refractivity contribution is 0.668. The summed E-state index contributed by atoms with van der Waals surface area (Å²) in [6.07, 6.45) is 0. The van der Waals surface area contributed by atoms with Gasteiger partial charge in [-0.2, -0.15) is 0 Å². The first-order chi connectivity index (χ1) is 56.9. The van der Waals surface area contributed by atoms with E-state index < -0.39 is 0 Å². The molecule has 0 aliphatic carbocycles. The Morgan fingerprint density at radius 1 is 0.165 bits per heavy atom. The van der Waals surface area contributed by atoms with Crippen LogP contribution in [0, 0.1) is 6.92 Å². The fraction of sp³-hybridized carbons (Fsp3) is 0.00935. The fourth-order valence-electron chi connectivity index (χ4n) is 15.0. The molecule has 0 amide bonds. The van der Waals surface area contributed by atoms with Gasteiger partial charge in [0.15, 0.2) is 29.1 Å². The van der Waals surface area contributed by atoms with Gasteiger partial charge in [0.25, 0.3) is 0 Å². The third-order valence-electron chi connectivity index (χ3n) is 20.5. The summed E-state index contributed by atoms with van der Waals surface area (Å²) in [7, 11) is 0. The van der Waals surface area contributed by atoms with Crippen molar-refractivity contribution < 1.29 is 8.83 Å². The summed E-state index contributed by atoms with van der Waals surface area (Å²) in [4.78, 5) is 28.6. The molecule has 0 bridgehead atoms. The second-order valence-electron chi connectivity index (χ2n) is 28.0. The Bertz CT molecular complexity index is 6740. The molecule has 20 aromatic rings. The highest BCUT2D eigenvalue weighted by atomic mass is 16.3. The van der Waals surface area contributed by atoms with Gasteiger partial charge in [0.2, 0.25) is 0 Å². The van der Waals surface area contributed by atoms with E-state index in [4.69, 9.17) is 23.8 Å². The molecule has 8 heteroatoms.